The molecule has 1 aromatic rings. The predicted octanol–water partition coefficient (Wildman–Crippen LogP) is 3.16. The van der Waals surface area contributed by atoms with Gasteiger partial charge in [-0.25, -0.2) is 0 Å². The molecular formula is C17H23NO2. The van der Waals surface area contributed by atoms with Crippen LogP contribution in [-0.4, -0.2) is 29.6 Å². The summed E-state index contributed by atoms with van der Waals surface area (Å²) in [6, 6.07) is 11.7. The number of esters is 1. The average Bonchev–Trinajstić information content (AvgIpc) is 2.73. The highest BCUT2D eigenvalue weighted by molar-refractivity contribution is 5.66. The average molecular weight is 273 g/mol. The number of likely N-dealkylation sites (tertiary alicyclic amines) is 1. The molecule has 20 heavy (non-hydrogen) atoms. The van der Waals surface area contributed by atoms with Crippen LogP contribution in [0.5, 0.6) is 0 Å². The third-order valence-electron chi connectivity index (χ3n) is 4.79. The van der Waals surface area contributed by atoms with Crippen LogP contribution in [-0.2, 0) is 9.53 Å². The molecule has 2 aliphatic rings. The van der Waals surface area contributed by atoms with Gasteiger partial charge in [-0.15, -0.1) is 0 Å². The van der Waals surface area contributed by atoms with Crippen LogP contribution in [0, 0.1) is 5.92 Å². The second kappa shape index (κ2) is 5.57. The fourth-order valence-corrected chi connectivity index (χ4v) is 3.94. The van der Waals surface area contributed by atoms with E-state index in [1.807, 2.05) is 0 Å². The number of rotatable bonds is 3. The minimum Gasteiger partial charge on any atom is -0.462 e. The molecule has 1 saturated carbocycles. The first kappa shape index (κ1) is 13.6. The van der Waals surface area contributed by atoms with E-state index in [9.17, 15) is 4.79 Å². The maximum atomic E-state index is 11.1. The lowest BCUT2D eigenvalue weighted by atomic mass is 9.88. The standard InChI is InChI=1S/C17H23NO2/c1-12(15-6-4-3-5-7-15)18-11-14-8-16(18)10-17(9-14)20-13(2)19/h3-7,12,14,16-17H,8-11H2,1-2H3/t12-,14+,16-,17-/m1/s1. The van der Waals surface area contributed by atoms with Crippen LogP contribution in [0.4, 0.5) is 0 Å². The van der Waals surface area contributed by atoms with Crippen LogP contribution in [0.3, 0.4) is 0 Å². The van der Waals surface area contributed by atoms with E-state index in [0.29, 0.717) is 18.0 Å². The van der Waals surface area contributed by atoms with Crippen molar-refractivity contribution in [2.75, 3.05) is 6.54 Å². The molecule has 3 heteroatoms. The maximum Gasteiger partial charge on any atom is 0.302 e. The molecule has 2 fully saturated rings. The van der Waals surface area contributed by atoms with Gasteiger partial charge in [0.25, 0.3) is 0 Å². The first-order valence-corrected chi connectivity index (χ1v) is 7.61. The van der Waals surface area contributed by atoms with Crippen molar-refractivity contribution in [1.29, 1.82) is 0 Å². The molecule has 2 bridgehead atoms. The Morgan fingerprint density at radius 2 is 2.00 bits per heavy atom. The van der Waals surface area contributed by atoms with Crippen LogP contribution >= 0.6 is 0 Å². The highest BCUT2D eigenvalue weighted by Gasteiger charge is 2.42. The number of hydrogen-bond donors (Lipinski definition) is 0. The van der Waals surface area contributed by atoms with Crippen molar-refractivity contribution in [2.24, 2.45) is 5.92 Å². The summed E-state index contributed by atoms with van der Waals surface area (Å²) in [5, 5.41) is 0. The minimum atomic E-state index is -0.140. The number of carbonyl (C=O) groups excluding carboxylic acids is 1. The zero-order valence-electron chi connectivity index (χ0n) is 12.3. The zero-order chi connectivity index (χ0) is 14.1. The Hall–Kier alpha value is -1.35. The number of carbonyl (C=O) groups is 1. The molecule has 3 nitrogen and oxygen atoms in total. The molecule has 1 saturated heterocycles. The predicted molar refractivity (Wildman–Crippen MR) is 78.2 cm³/mol. The van der Waals surface area contributed by atoms with E-state index in [0.717, 1.165) is 19.4 Å². The molecule has 0 aromatic heterocycles. The summed E-state index contributed by atoms with van der Waals surface area (Å²) in [5.74, 6) is 0.545. The molecule has 1 aliphatic carbocycles. The van der Waals surface area contributed by atoms with Crippen LogP contribution < -0.4 is 0 Å². The van der Waals surface area contributed by atoms with Gasteiger partial charge >= 0.3 is 5.97 Å². The molecule has 4 atom stereocenters. The van der Waals surface area contributed by atoms with Crippen molar-refractivity contribution in [3.8, 4) is 0 Å². The van der Waals surface area contributed by atoms with Crippen LogP contribution in [0.15, 0.2) is 30.3 Å². The summed E-state index contributed by atoms with van der Waals surface area (Å²) in [7, 11) is 0. The molecule has 108 valence electrons. The van der Waals surface area contributed by atoms with E-state index in [1.165, 1.54) is 18.9 Å². The molecule has 0 radical (unpaired) electrons. The SMILES string of the molecule is CC(=O)O[C@@H]1C[C@@H]2C[C@H](C1)N([C@H](C)c1ccccc1)C2. The Bertz CT molecular complexity index is 473. The van der Waals surface area contributed by atoms with E-state index in [-0.39, 0.29) is 12.1 Å². The number of fused-ring (bicyclic) bond motifs is 2. The molecule has 0 N–H and O–H groups in total. The summed E-state index contributed by atoms with van der Waals surface area (Å²) < 4.78 is 5.44. The highest BCUT2D eigenvalue weighted by Crippen LogP contribution is 2.41. The van der Waals surface area contributed by atoms with Crippen LogP contribution in [0.25, 0.3) is 0 Å². The molecule has 0 amide bonds. The Balaban J connectivity index is 1.69. The summed E-state index contributed by atoms with van der Waals surface area (Å²) >= 11 is 0. The van der Waals surface area contributed by atoms with Gasteiger partial charge in [0.1, 0.15) is 6.10 Å². The normalized spacial score (nSPS) is 31.0. The van der Waals surface area contributed by atoms with Crippen molar-refractivity contribution in [1.82, 2.24) is 4.90 Å². The third-order valence-corrected chi connectivity index (χ3v) is 4.79. The maximum absolute atomic E-state index is 11.1. The Morgan fingerprint density at radius 3 is 2.70 bits per heavy atom. The summed E-state index contributed by atoms with van der Waals surface area (Å²) in [6.45, 7) is 4.94. The van der Waals surface area contributed by atoms with Gasteiger partial charge in [-0.3, -0.25) is 9.69 Å². The minimum absolute atomic E-state index is 0.129. The van der Waals surface area contributed by atoms with E-state index < -0.39 is 0 Å². The third kappa shape index (κ3) is 2.73. The van der Waals surface area contributed by atoms with Crippen molar-refractivity contribution in [3.05, 3.63) is 35.9 Å². The second-order valence-electron chi connectivity index (χ2n) is 6.24. The van der Waals surface area contributed by atoms with Gasteiger partial charge in [0, 0.05) is 25.6 Å². The van der Waals surface area contributed by atoms with E-state index in [1.54, 1.807) is 0 Å². The number of hydrogen-bond acceptors (Lipinski definition) is 3. The van der Waals surface area contributed by atoms with Crippen LogP contribution in [0.1, 0.15) is 44.7 Å². The first-order valence-electron chi connectivity index (χ1n) is 7.61. The van der Waals surface area contributed by atoms with E-state index >= 15 is 0 Å². The fraction of sp³-hybridized carbons (Fsp3) is 0.588. The molecule has 1 heterocycles. The van der Waals surface area contributed by atoms with Crippen molar-refractivity contribution >= 4 is 5.97 Å². The second-order valence-corrected chi connectivity index (χ2v) is 6.24. The largest absolute Gasteiger partial charge is 0.462 e. The van der Waals surface area contributed by atoms with Gasteiger partial charge in [0.05, 0.1) is 0 Å². The van der Waals surface area contributed by atoms with E-state index in [4.69, 9.17) is 4.74 Å². The first-order chi connectivity index (χ1) is 9.63. The lowest BCUT2D eigenvalue weighted by Gasteiger charge is -2.32. The molecular weight excluding hydrogens is 250 g/mol. The zero-order valence-corrected chi connectivity index (χ0v) is 12.3. The topological polar surface area (TPSA) is 29.5 Å². The van der Waals surface area contributed by atoms with Gasteiger partial charge in [0.2, 0.25) is 0 Å². The van der Waals surface area contributed by atoms with Crippen LogP contribution in [0.2, 0.25) is 0 Å². The molecule has 1 aliphatic heterocycles. The van der Waals surface area contributed by atoms with Gasteiger partial charge in [-0.05, 0) is 37.7 Å². The van der Waals surface area contributed by atoms with Gasteiger partial charge in [-0.2, -0.15) is 0 Å². The van der Waals surface area contributed by atoms with Gasteiger partial charge in [-0.1, -0.05) is 30.3 Å². The van der Waals surface area contributed by atoms with Crippen molar-refractivity contribution < 1.29 is 9.53 Å². The molecule has 1 aromatic carbocycles. The van der Waals surface area contributed by atoms with Gasteiger partial charge in [0.15, 0.2) is 0 Å². The molecule has 3 rings (SSSR count). The quantitative estimate of drug-likeness (QED) is 0.792. The lowest BCUT2D eigenvalue weighted by molar-refractivity contribution is -0.148. The Labute approximate surface area is 120 Å². The number of nitrogens with zero attached hydrogens (tertiary/aromatic N) is 1. The monoisotopic (exact) mass is 273 g/mol. The highest BCUT2D eigenvalue weighted by atomic mass is 16.5. The molecule has 0 spiro atoms. The molecule has 0 unspecified atom stereocenters. The summed E-state index contributed by atoms with van der Waals surface area (Å²) in [5.41, 5.74) is 1.38. The summed E-state index contributed by atoms with van der Waals surface area (Å²) in [6.07, 6.45) is 3.42. The van der Waals surface area contributed by atoms with Crippen molar-refractivity contribution in [2.45, 2.75) is 51.3 Å². The summed E-state index contributed by atoms with van der Waals surface area (Å²) in [4.78, 5) is 13.7. The van der Waals surface area contributed by atoms with E-state index in [2.05, 4.69) is 42.2 Å². The Kier molecular flexibility index (Phi) is 3.79. The number of ether oxygens (including phenoxy) is 1. The van der Waals surface area contributed by atoms with Gasteiger partial charge < -0.3 is 4.74 Å². The Morgan fingerprint density at radius 1 is 1.25 bits per heavy atom. The fourth-order valence-electron chi connectivity index (χ4n) is 3.94. The lowest BCUT2D eigenvalue weighted by Crippen LogP contribution is -2.35. The number of benzene rings is 1. The smallest absolute Gasteiger partial charge is 0.302 e. The van der Waals surface area contributed by atoms with Crippen molar-refractivity contribution in [3.63, 3.8) is 0 Å².